The number of hydrogen-bond acceptors (Lipinski definition) is 6. The van der Waals surface area contributed by atoms with Crippen LogP contribution < -0.4 is 5.32 Å². The van der Waals surface area contributed by atoms with Crippen molar-refractivity contribution in [1.82, 2.24) is 15.1 Å². The molecule has 2 atom stereocenters. The van der Waals surface area contributed by atoms with E-state index in [2.05, 4.69) is 67.5 Å². The van der Waals surface area contributed by atoms with Crippen LogP contribution in [-0.4, -0.2) is 39.8 Å². The smallest absolute Gasteiger partial charge is 0.233 e. The van der Waals surface area contributed by atoms with Gasteiger partial charge in [0.15, 0.2) is 4.34 Å². The molecule has 1 aromatic carbocycles. The van der Waals surface area contributed by atoms with E-state index in [1.54, 1.807) is 0 Å². The maximum Gasteiger partial charge on any atom is 0.233 e. The minimum Gasteiger partial charge on any atom is -0.341 e. The molecule has 0 spiro atoms. The molecule has 1 N–H and O–H groups in total. The van der Waals surface area contributed by atoms with Gasteiger partial charge >= 0.3 is 0 Å². The van der Waals surface area contributed by atoms with Crippen molar-refractivity contribution in [3.63, 3.8) is 0 Å². The fourth-order valence-electron chi connectivity index (χ4n) is 3.47. The first-order valence-corrected chi connectivity index (χ1v) is 11.3. The number of aromatic nitrogens is 2. The van der Waals surface area contributed by atoms with Gasteiger partial charge in [-0.2, -0.15) is 0 Å². The minimum absolute atomic E-state index is 0.201. The second-order valence-corrected chi connectivity index (χ2v) is 10.0. The molecule has 3 rings (SSSR count). The molecular weight excluding hydrogens is 376 g/mol. The van der Waals surface area contributed by atoms with Crippen LogP contribution in [-0.2, 0) is 4.79 Å². The van der Waals surface area contributed by atoms with Crippen LogP contribution in [0, 0.1) is 11.8 Å². The molecule has 0 saturated carbocycles. The molecule has 27 heavy (non-hydrogen) atoms. The highest BCUT2D eigenvalue weighted by Crippen LogP contribution is 2.29. The predicted octanol–water partition coefficient (Wildman–Crippen LogP) is 5.00. The average Bonchev–Trinajstić information content (AvgIpc) is 3.06. The summed E-state index contributed by atoms with van der Waals surface area (Å²) in [5.41, 5.74) is 2.31. The first kappa shape index (κ1) is 20.1. The Morgan fingerprint density at radius 3 is 2.52 bits per heavy atom. The average molecular weight is 405 g/mol. The predicted molar refractivity (Wildman–Crippen MR) is 114 cm³/mol. The molecule has 0 bridgehead atoms. The van der Waals surface area contributed by atoms with Gasteiger partial charge in [-0.3, -0.25) is 4.79 Å². The summed E-state index contributed by atoms with van der Waals surface area (Å²) in [7, 11) is 0. The molecule has 0 radical (unpaired) electrons. The number of rotatable bonds is 6. The van der Waals surface area contributed by atoms with Gasteiger partial charge in [0.05, 0.1) is 5.75 Å². The Hall–Kier alpha value is -1.60. The molecule has 5 nitrogen and oxygen atoms in total. The number of nitrogens with one attached hydrogen (secondary N) is 1. The molecule has 7 heteroatoms. The molecule has 0 aliphatic carbocycles. The van der Waals surface area contributed by atoms with E-state index in [0.29, 0.717) is 23.5 Å². The van der Waals surface area contributed by atoms with E-state index in [0.717, 1.165) is 28.2 Å². The van der Waals surface area contributed by atoms with E-state index in [9.17, 15) is 4.79 Å². The molecule has 1 aliphatic rings. The molecule has 1 saturated heterocycles. The third kappa shape index (κ3) is 5.69. The Bertz CT molecular complexity index is 750. The summed E-state index contributed by atoms with van der Waals surface area (Å²) in [6, 6.07) is 8.38. The van der Waals surface area contributed by atoms with Gasteiger partial charge in [-0.1, -0.05) is 62.9 Å². The quantitative estimate of drug-likeness (QED) is 0.687. The fraction of sp³-hybridized carbons (Fsp3) is 0.550. The number of anilines is 2. The van der Waals surface area contributed by atoms with Crippen LogP contribution in [0.4, 0.5) is 10.8 Å². The van der Waals surface area contributed by atoms with Gasteiger partial charge in [0.2, 0.25) is 11.0 Å². The topological polar surface area (TPSA) is 58.1 Å². The highest BCUT2D eigenvalue weighted by atomic mass is 32.2. The number of nitrogens with zero attached hydrogens (tertiary/aromatic N) is 3. The van der Waals surface area contributed by atoms with E-state index < -0.39 is 0 Å². The van der Waals surface area contributed by atoms with Crippen molar-refractivity contribution < 1.29 is 4.79 Å². The van der Waals surface area contributed by atoms with E-state index in [1.165, 1.54) is 35.1 Å². The lowest BCUT2D eigenvalue weighted by Gasteiger charge is -2.34. The van der Waals surface area contributed by atoms with Gasteiger partial charge < -0.3 is 10.2 Å². The van der Waals surface area contributed by atoms with E-state index in [1.807, 2.05) is 4.90 Å². The zero-order chi connectivity index (χ0) is 19.4. The zero-order valence-electron chi connectivity index (χ0n) is 16.4. The lowest BCUT2D eigenvalue weighted by atomic mass is 9.92. The monoisotopic (exact) mass is 404 g/mol. The Kier molecular flexibility index (Phi) is 6.76. The van der Waals surface area contributed by atoms with Crippen LogP contribution in [0.1, 0.15) is 45.6 Å². The van der Waals surface area contributed by atoms with Crippen LogP contribution in [0.3, 0.4) is 0 Å². The summed E-state index contributed by atoms with van der Waals surface area (Å²) >= 11 is 2.96. The molecule has 146 valence electrons. The van der Waals surface area contributed by atoms with Gasteiger partial charge in [-0.25, -0.2) is 0 Å². The van der Waals surface area contributed by atoms with E-state index in [-0.39, 0.29) is 5.91 Å². The van der Waals surface area contributed by atoms with Gasteiger partial charge in [0.25, 0.3) is 0 Å². The summed E-state index contributed by atoms with van der Waals surface area (Å²) in [6.07, 6.45) is 1.21. The Morgan fingerprint density at radius 2 is 1.89 bits per heavy atom. The first-order chi connectivity index (χ1) is 12.9. The Balaban J connectivity index is 1.51. The molecule has 2 heterocycles. The number of hydrogen-bond donors (Lipinski definition) is 1. The highest BCUT2D eigenvalue weighted by molar-refractivity contribution is 8.01. The zero-order valence-corrected chi connectivity index (χ0v) is 18.1. The molecule has 2 aromatic rings. The van der Waals surface area contributed by atoms with E-state index >= 15 is 0 Å². The fourth-order valence-corrected chi connectivity index (χ4v) is 5.15. The largest absolute Gasteiger partial charge is 0.341 e. The molecule has 1 aromatic heterocycles. The standard InChI is InChI=1S/C20H28N4OS2/c1-13(2)16-5-7-17(8-6-16)21-19-22-23-20(27-19)26-12-18(25)24-10-14(3)9-15(4)11-24/h5-8,13-15H,9-12H2,1-4H3,(H,21,22)/t14-,15-/m1/s1. The minimum atomic E-state index is 0.201. The normalized spacial score (nSPS) is 20.1. The lowest BCUT2D eigenvalue weighted by molar-refractivity contribution is -0.130. The van der Waals surface area contributed by atoms with Gasteiger partial charge in [-0.15, -0.1) is 10.2 Å². The molecule has 1 fully saturated rings. The van der Waals surface area contributed by atoms with Gasteiger partial charge in [0.1, 0.15) is 0 Å². The van der Waals surface area contributed by atoms with Crippen LogP contribution >= 0.6 is 23.1 Å². The van der Waals surface area contributed by atoms with Crippen LogP contribution in [0.5, 0.6) is 0 Å². The van der Waals surface area contributed by atoms with Crippen LogP contribution in [0.2, 0.25) is 0 Å². The summed E-state index contributed by atoms with van der Waals surface area (Å²) in [5.74, 6) is 2.32. The summed E-state index contributed by atoms with van der Waals surface area (Å²) in [6.45, 7) is 10.6. The van der Waals surface area contributed by atoms with Crippen molar-refractivity contribution in [2.45, 2.75) is 44.4 Å². The molecule has 0 unspecified atom stereocenters. The number of likely N-dealkylation sites (tertiary alicyclic amines) is 1. The van der Waals surface area contributed by atoms with E-state index in [4.69, 9.17) is 0 Å². The molecule has 1 aliphatic heterocycles. The van der Waals surface area contributed by atoms with Crippen molar-refractivity contribution in [2.24, 2.45) is 11.8 Å². The second-order valence-electron chi connectivity index (χ2n) is 7.81. The molecular formula is C20H28N4OS2. The first-order valence-electron chi connectivity index (χ1n) is 9.51. The number of amides is 1. The van der Waals surface area contributed by atoms with Crippen LogP contribution in [0.15, 0.2) is 28.6 Å². The number of carbonyl (C=O) groups is 1. The van der Waals surface area contributed by atoms with Crippen molar-refractivity contribution in [3.8, 4) is 0 Å². The van der Waals surface area contributed by atoms with Crippen molar-refractivity contribution >= 4 is 39.8 Å². The summed E-state index contributed by atoms with van der Waals surface area (Å²) in [5, 5.41) is 12.4. The van der Waals surface area contributed by atoms with Gasteiger partial charge in [0, 0.05) is 18.8 Å². The maximum absolute atomic E-state index is 12.5. The van der Waals surface area contributed by atoms with Crippen molar-refractivity contribution in [2.75, 3.05) is 24.2 Å². The van der Waals surface area contributed by atoms with Gasteiger partial charge in [-0.05, 0) is 41.9 Å². The lowest BCUT2D eigenvalue weighted by Crippen LogP contribution is -2.43. The Morgan fingerprint density at radius 1 is 1.22 bits per heavy atom. The third-order valence-corrected chi connectivity index (χ3v) is 6.73. The highest BCUT2D eigenvalue weighted by Gasteiger charge is 2.25. The molecule has 1 amide bonds. The maximum atomic E-state index is 12.5. The Labute approximate surface area is 170 Å². The number of piperidine rings is 1. The summed E-state index contributed by atoms with van der Waals surface area (Å²) in [4.78, 5) is 14.5. The van der Waals surface area contributed by atoms with Crippen molar-refractivity contribution in [1.29, 1.82) is 0 Å². The number of thioether (sulfide) groups is 1. The second kappa shape index (κ2) is 9.06. The van der Waals surface area contributed by atoms with Crippen LogP contribution in [0.25, 0.3) is 0 Å². The third-order valence-electron chi connectivity index (χ3n) is 4.78. The SMILES string of the molecule is CC(C)c1ccc(Nc2nnc(SCC(=O)N3C[C@H](C)C[C@@H](C)C3)s2)cc1. The summed E-state index contributed by atoms with van der Waals surface area (Å²) < 4.78 is 0.822. The number of benzene rings is 1. The van der Waals surface area contributed by atoms with Crippen molar-refractivity contribution in [3.05, 3.63) is 29.8 Å². The number of carbonyl (C=O) groups excluding carboxylic acids is 1.